The number of benzene rings is 1. The highest BCUT2D eigenvalue weighted by Crippen LogP contribution is 2.33. The van der Waals surface area contributed by atoms with Crippen LogP contribution in [-0.2, 0) is 7.05 Å². The van der Waals surface area contributed by atoms with Gasteiger partial charge in [0.1, 0.15) is 7.05 Å². The monoisotopic (exact) mass is 190 g/mol. The van der Waals surface area contributed by atoms with Crippen LogP contribution in [0.15, 0.2) is 24.4 Å². The third kappa shape index (κ3) is 1.09. The first-order valence-corrected chi connectivity index (χ1v) is 4.41. The molecule has 1 aromatic carbocycles. The topological polar surface area (TPSA) is 44.3 Å². The van der Waals surface area contributed by atoms with Crippen LogP contribution >= 0.6 is 0 Å². The number of aromatic nitrogens is 1. The summed E-state index contributed by atoms with van der Waals surface area (Å²) in [6.07, 6.45) is 1.92. The zero-order valence-corrected chi connectivity index (χ0v) is 8.15. The van der Waals surface area contributed by atoms with Gasteiger partial charge in [-0.15, -0.1) is 0 Å². The normalized spacial score (nSPS) is 10.7. The van der Waals surface area contributed by atoms with Crippen LogP contribution in [0.5, 0.6) is 11.5 Å². The minimum absolute atomic E-state index is 0.0452. The van der Waals surface area contributed by atoms with Crippen LogP contribution < -0.4 is 4.57 Å². The number of fused-ring (bicyclic) bond motifs is 1. The molecule has 3 nitrogen and oxygen atoms in total. The second-order valence-electron chi connectivity index (χ2n) is 3.44. The molecule has 2 rings (SSSR count). The molecule has 0 aliphatic carbocycles. The van der Waals surface area contributed by atoms with Gasteiger partial charge in [-0.25, -0.2) is 4.57 Å². The van der Waals surface area contributed by atoms with Crippen LogP contribution in [0.25, 0.3) is 10.9 Å². The van der Waals surface area contributed by atoms with Crippen LogP contribution in [0.1, 0.15) is 5.56 Å². The maximum Gasteiger partial charge on any atom is 0.216 e. The molecular weight excluding hydrogens is 178 g/mol. The lowest BCUT2D eigenvalue weighted by atomic mass is 10.1. The average Bonchev–Trinajstić information content (AvgIpc) is 2.16. The van der Waals surface area contributed by atoms with Crippen molar-refractivity contribution in [2.45, 2.75) is 6.92 Å². The largest absolute Gasteiger partial charge is 0.504 e. The SMILES string of the molecule is Cc1cc[n+](C)c2ccc(O)c(O)c12. The summed E-state index contributed by atoms with van der Waals surface area (Å²) in [5.74, 6) is -0.122. The molecule has 0 bridgehead atoms. The molecule has 0 saturated carbocycles. The molecule has 14 heavy (non-hydrogen) atoms. The lowest BCUT2D eigenvalue weighted by Gasteiger charge is -2.04. The van der Waals surface area contributed by atoms with E-state index in [1.807, 2.05) is 30.8 Å². The number of phenols is 2. The van der Waals surface area contributed by atoms with E-state index in [1.54, 1.807) is 6.07 Å². The number of aryl methyl sites for hydroxylation is 2. The Bertz CT molecular complexity index is 506. The van der Waals surface area contributed by atoms with Crippen LogP contribution in [-0.4, -0.2) is 10.2 Å². The van der Waals surface area contributed by atoms with Gasteiger partial charge in [-0.2, -0.15) is 0 Å². The van der Waals surface area contributed by atoms with Crippen molar-refractivity contribution in [1.29, 1.82) is 0 Å². The quantitative estimate of drug-likeness (QED) is 0.487. The van der Waals surface area contributed by atoms with Crippen molar-refractivity contribution >= 4 is 10.9 Å². The van der Waals surface area contributed by atoms with Gasteiger partial charge in [-0.05, 0) is 18.6 Å². The van der Waals surface area contributed by atoms with Crippen LogP contribution in [0.4, 0.5) is 0 Å². The highest BCUT2D eigenvalue weighted by Gasteiger charge is 2.13. The Hall–Kier alpha value is -1.77. The molecule has 2 aromatic rings. The summed E-state index contributed by atoms with van der Waals surface area (Å²) in [5.41, 5.74) is 1.85. The molecule has 72 valence electrons. The lowest BCUT2D eigenvalue weighted by molar-refractivity contribution is -0.644. The van der Waals surface area contributed by atoms with Crippen LogP contribution in [0, 0.1) is 6.92 Å². The Balaban J connectivity index is 3.01. The Morgan fingerprint density at radius 2 is 1.86 bits per heavy atom. The highest BCUT2D eigenvalue weighted by atomic mass is 16.3. The van der Waals surface area contributed by atoms with Crippen molar-refractivity contribution < 1.29 is 14.8 Å². The van der Waals surface area contributed by atoms with E-state index in [0.29, 0.717) is 5.39 Å². The average molecular weight is 190 g/mol. The molecule has 3 heteroatoms. The van der Waals surface area contributed by atoms with Crippen molar-refractivity contribution in [3.8, 4) is 11.5 Å². The predicted octanol–water partition coefficient (Wildman–Crippen LogP) is 1.38. The number of aromatic hydroxyl groups is 2. The summed E-state index contributed by atoms with van der Waals surface area (Å²) >= 11 is 0. The molecule has 0 saturated heterocycles. The Morgan fingerprint density at radius 3 is 2.57 bits per heavy atom. The van der Waals surface area contributed by atoms with Gasteiger partial charge < -0.3 is 10.2 Å². The first-order valence-electron chi connectivity index (χ1n) is 4.41. The fraction of sp³-hybridized carbons (Fsp3) is 0.182. The summed E-state index contributed by atoms with van der Waals surface area (Å²) < 4.78 is 1.90. The van der Waals surface area contributed by atoms with E-state index in [0.717, 1.165) is 11.1 Å². The lowest BCUT2D eigenvalue weighted by Crippen LogP contribution is -2.28. The number of rotatable bonds is 0. The van der Waals surface area contributed by atoms with Gasteiger partial charge in [0.15, 0.2) is 17.7 Å². The van der Waals surface area contributed by atoms with E-state index in [1.165, 1.54) is 6.07 Å². The molecule has 0 aliphatic rings. The zero-order valence-electron chi connectivity index (χ0n) is 8.15. The Kier molecular flexibility index (Phi) is 1.81. The van der Waals surface area contributed by atoms with E-state index in [-0.39, 0.29) is 11.5 Å². The van der Waals surface area contributed by atoms with Gasteiger partial charge in [0, 0.05) is 12.1 Å². The molecule has 0 radical (unpaired) electrons. The minimum Gasteiger partial charge on any atom is -0.504 e. The third-order valence-corrected chi connectivity index (χ3v) is 2.46. The molecule has 0 fully saturated rings. The Labute approximate surface area is 81.9 Å². The summed E-state index contributed by atoms with van der Waals surface area (Å²) in [6.45, 7) is 1.90. The predicted molar refractivity (Wildman–Crippen MR) is 53.2 cm³/mol. The maximum atomic E-state index is 9.70. The van der Waals surface area contributed by atoms with Gasteiger partial charge in [0.2, 0.25) is 5.52 Å². The van der Waals surface area contributed by atoms with E-state index in [4.69, 9.17) is 0 Å². The first kappa shape index (κ1) is 8.81. The summed E-state index contributed by atoms with van der Waals surface area (Å²) in [5, 5.41) is 19.8. The van der Waals surface area contributed by atoms with E-state index in [2.05, 4.69) is 0 Å². The third-order valence-electron chi connectivity index (χ3n) is 2.46. The van der Waals surface area contributed by atoms with Gasteiger partial charge in [0.05, 0.1) is 5.39 Å². The molecule has 0 spiro atoms. The number of pyridine rings is 1. The number of hydrogen-bond donors (Lipinski definition) is 2. The van der Waals surface area contributed by atoms with Crippen molar-refractivity contribution in [3.63, 3.8) is 0 Å². The van der Waals surface area contributed by atoms with Gasteiger partial charge in [-0.1, -0.05) is 0 Å². The number of phenolic OH excluding ortho intramolecular Hbond substituents is 2. The molecule has 0 unspecified atom stereocenters. The second kappa shape index (κ2) is 2.87. The minimum atomic E-state index is -0.0770. The van der Waals surface area contributed by atoms with Crippen molar-refractivity contribution in [3.05, 3.63) is 30.0 Å². The summed E-state index contributed by atoms with van der Waals surface area (Å²) in [4.78, 5) is 0. The number of hydrogen-bond acceptors (Lipinski definition) is 2. The van der Waals surface area contributed by atoms with E-state index < -0.39 is 0 Å². The fourth-order valence-corrected chi connectivity index (χ4v) is 1.64. The summed E-state index contributed by atoms with van der Waals surface area (Å²) in [6, 6.07) is 5.19. The molecule has 0 aliphatic heterocycles. The van der Waals surface area contributed by atoms with Gasteiger partial charge in [0.25, 0.3) is 0 Å². The van der Waals surface area contributed by atoms with Crippen molar-refractivity contribution in [2.75, 3.05) is 0 Å². The fourth-order valence-electron chi connectivity index (χ4n) is 1.64. The Morgan fingerprint density at radius 1 is 1.14 bits per heavy atom. The maximum absolute atomic E-state index is 9.70. The highest BCUT2D eigenvalue weighted by molar-refractivity contribution is 5.88. The van der Waals surface area contributed by atoms with Crippen molar-refractivity contribution in [1.82, 2.24) is 0 Å². The molecular formula is C11H12NO2+. The van der Waals surface area contributed by atoms with Crippen LogP contribution in [0.3, 0.4) is 0 Å². The van der Waals surface area contributed by atoms with Crippen molar-refractivity contribution in [2.24, 2.45) is 7.05 Å². The molecule has 2 N–H and O–H groups in total. The second-order valence-corrected chi connectivity index (χ2v) is 3.44. The first-order chi connectivity index (χ1) is 6.61. The van der Waals surface area contributed by atoms with E-state index >= 15 is 0 Å². The summed E-state index contributed by atoms with van der Waals surface area (Å²) in [7, 11) is 1.90. The van der Waals surface area contributed by atoms with Crippen LogP contribution in [0.2, 0.25) is 0 Å². The smallest absolute Gasteiger partial charge is 0.216 e. The number of nitrogens with zero attached hydrogens (tertiary/aromatic N) is 1. The van der Waals surface area contributed by atoms with Gasteiger partial charge >= 0.3 is 0 Å². The zero-order chi connectivity index (χ0) is 10.3. The molecule has 0 atom stereocenters. The van der Waals surface area contributed by atoms with Gasteiger partial charge in [-0.3, -0.25) is 0 Å². The standard InChI is InChI=1S/C11H11NO2/c1-7-5-6-12(2)8-3-4-9(13)11(14)10(7)8/h3-6,13H,1-2H3/p+1. The van der Waals surface area contributed by atoms with E-state index in [9.17, 15) is 10.2 Å². The molecule has 1 heterocycles. The molecule has 1 aromatic heterocycles. The molecule has 0 amide bonds.